The molecule has 0 saturated carbocycles. The van der Waals surface area contributed by atoms with Gasteiger partial charge in [-0.1, -0.05) is 30.3 Å². The second-order valence-electron chi connectivity index (χ2n) is 3.93. The second-order valence-corrected chi connectivity index (χ2v) is 3.93. The van der Waals surface area contributed by atoms with Crippen LogP contribution in [0, 0.1) is 0 Å². The molecule has 0 radical (unpaired) electrons. The van der Waals surface area contributed by atoms with Gasteiger partial charge in [0.15, 0.2) is 0 Å². The van der Waals surface area contributed by atoms with E-state index in [9.17, 15) is 0 Å². The molecule has 0 fully saturated rings. The lowest BCUT2D eigenvalue weighted by molar-refractivity contribution is -0.468. The lowest BCUT2D eigenvalue weighted by atomic mass is 10.2. The van der Waals surface area contributed by atoms with E-state index in [-0.39, 0.29) is 0 Å². The molecule has 0 atom stereocenters. The van der Waals surface area contributed by atoms with E-state index in [2.05, 4.69) is 17.1 Å². The van der Waals surface area contributed by atoms with Crippen LogP contribution in [0.25, 0.3) is 0 Å². The van der Waals surface area contributed by atoms with E-state index < -0.39 is 0 Å². The predicted molar refractivity (Wildman–Crippen MR) is 60.5 cm³/mol. The van der Waals surface area contributed by atoms with Crippen molar-refractivity contribution >= 4 is 5.90 Å². The molecule has 15 heavy (non-hydrogen) atoms. The molecule has 0 unspecified atom stereocenters. The van der Waals surface area contributed by atoms with Crippen LogP contribution >= 0.6 is 0 Å². The molecule has 2 nitrogen and oxygen atoms in total. The standard InChI is InChI=1S/C13H17NO/c1-3-7-12(8-4-1)11-15-13-9-5-2-6-10-14-13/h1,3-4,7-8H,2,5-6,9-11H2/p+1. The topological polar surface area (TPSA) is 23.2 Å². The molecule has 1 aromatic carbocycles. The average Bonchev–Trinajstić information content (AvgIpc) is 2.56. The monoisotopic (exact) mass is 204 g/mol. The SMILES string of the molecule is c1ccc(COC2=[NH+]CCCCC2)cc1. The van der Waals surface area contributed by atoms with Crippen molar-refractivity contribution in [3.63, 3.8) is 0 Å². The third-order valence-corrected chi connectivity index (χ3v) is 2.66. The van der Waals surface area contributed by atoms with Crippen LogP contribution in [0.15, 0.2) is 30.3 Å². The molecule has 0 bridgehead atoms. The van der Waals surface area contributed by atoms with Gasteiger partial charge < -0.3 is 4.74 Å². The molecule has 80 valence electrons. The first-order valence-corrected chi connectivity index (χ1v) is 5.71. The van der Waals surface area contributed by atoms with E-state index in [0.29, 0.717) is 6.61 Å². The molecule has 0 amide bonds. The highest BCUT2D eigenvalue weighted by Crippen LogP contribution is 2.04. The zero-order valence-electron chi connectivity index (χ0n) is 9.04. The van der Waals surface area contributed by atoms with Crippen LogP contribution < -0.4 is 4.99 Å². The first-order chi connectivity index (χ1) is 7.45. The van der Waals surface area contributed by atoms with Crippen LogP contribution in [0.1, 0.15) is 31.2 Å². The van der Waals surface area contributed by atoms with E-state index in [4.69, 9.17) is 4.74 Å². The molecule has 1 heterocycles. The van der Waals surface area contributed by atoms with Gasteiger partial charge in [-0.25, -0.2) is 4.99 Å². The van der Waals surface area contributed by atoms with Crippen molar-refractivity contribution in [1.29, 1.82) is 0 Å². The Kier molecular flexibility index (Phi) is 3.77. The van der Waals surface area contributed by atoms with Gasteiger partial charge in [0.1, 0.15) is 13.2 Å². The van der Waals surface area contributed by atoms with E-state index in [0.717, 1.165) is 18.9 Å². The quantitative estimate of drug-likeness (QED) is 0.770. The van der Waals surface area contributed by atoms with Gasteiger partial charge in [0.25, 0.3) is 0 Å². The van der Waals surface area contributed by atoms with Crippen molar-refractivity contribution in [2.75, 3.05) is 6.54 Å². The molecular formula is C13H18NO+. The van der Waals surface area contributed by atoms with Crippen LogP contribution in [-0.2, 0) is 11.3 Å². The molecule has 2 heteroatoms. The Hall–Kier alpha value is -1.31. The summed E-state index contributed by atoms with van der Waals surface area (Å²) < 4.78 is 5.75. The van der Waals surface area contributed by atoms with Crippen LogP contribution in [0.3, 0.4) is 0 Å². The van der Waals surface area contributed by atoms with Crippen LogP contribution in [0.2, 0.25) is 0 Å². The third kappa shape index (κ3) is 3.39. The van der Waals surface area contributed by atoms with Crippen molar-refractivity contribution in [2.24, 2.45) is 0 Å². The number of benzene rings is 1. The Bertz CT molecular complexity index is 319. The van der Waals surface area contributed by atoms with Crippen molar-refractivity contribution in [3.8, 4) is 0 Å². The van der Waals surface area contributed by atoms with Gasteiger partial charge in [-0.15, -0.1) is 0 Å². The highest BCUT2D eigenvalue weighted by Gasteiger charge is 2.10. The van der Waals surface area contributed by atoms with Crippen molar-refractivity contribution in [2.45, 2.75) is 32.3 Å². The zero-order chi connectivity index (χ0) is 10.3. The Morgan fingerprint density at radius 1 is 1.07 bits per heavy atom. The van der Waals surface area contributed by atoms with Crippen molar-refractivity contribution < 1.29 is 9.73 Å². The van der Waals surface area contributed by atoms with E-state index in [1.165, 1.54) is 24.8 Å². The van der Waals surface area contributed by atoms with Gasteiger partial charge in [0.2, 0.25) is 0 Å². The van der Waals surface area contributed by atoms with E-state index in [1.54, 1.807) is 0 Å². The van der Waals surface area contributed by atoms with Crippen LogP contribution in [0.4, 0.5) is 0 Å². The summed E-state index contributed by atoms with van der Waals surface area (Å²) in [6.07, 6.45) is 4.88. The highest BCUT2D eigenvalue weighted by molar-refractivity contribution is 5.69. The average molecular weight is 204 g/mol. The molecule has 0 aromatic heterocycles. The minimum Gasteiger partial charge on any atom is -0.443 e. The summed E-state index contributed by atoms with van der Waals surface area (Å²) in [5, 5.41) is 0. The van der Waals surface area contributed by atoms with Crippen molar-refractivity contribution in [1.82, 2.24) is 0 Å². The fourth-order valence-corrected chi connectivity index (χ4v) is 1.77. The molecular weight excluding hydrogens is 186 g/mol. The maximum atomic E-state index is 5.75. The Balaban J connectivity index is 1.84. The minimum absolute atomic E-state index is 0.684. The van der Waals surface area contributed by atoms with Gasteiger partial charge in [-0.05, 0) is 18.4 Å². The summed E-state index contributed by atoms with van der Waals surface area (Å²) in [5.74, 6) is 1.07. The summed E-state index contributed by atoms with van der Waals surface area (Å²) in [6, 6.07) is 10.3. The summed E-state index contributed by atoms with van der Waals surface area (Å²) in [7, 11) is 0. The van der Waals surface area contributed by atoms with Gasteiger partial charge >= 0.3 is 5.90 Å². The highest BCUT2D eigenvalue weighted by atomic mass is 16.5. The van der Waals surface area contributed by atoms with Crippen LogP contribution in [-0.4, -0.2) is 12.4 Å². The van der Waals surface area contributed by atoms with E-state index in [1.807, 2.05) is 18.2 Å². The summed E-state index contributed by atoms with van der Waals surface area (Å²) in [4.78, 5) is 3.35. The molecule has 0 spiro atoms. The largest absolute Gasteiger partial charge is 0.443 e. The van der Waals surface area contributed by atoms with Gasteiger partial charge in [0, 0.05) is 6.42 Å². The maximum Gasteiger partial charge on any atom is 0.334 e. The maximum absolute atomic E-state index is 5.75. The number of nitrogens with one attached hydrogen (secondary N) is 1. The third-order valence-electron chi connectivity index (χ3n) is 2.66. The van der Waals surface area contributed by atoms with E-state index >= 15 is 0 Å². The van der Waals surface area contributed by atoms with Gasteiger partial charge in [-0.2, -0.15) is 0 Å². The number of hydrogen-bond acceptors (Lipinski definition) is 1. The molecule has 1 N–H and O–H groups in total. The summed E-state index contributed by atoms with van der Waals surface area (Å²) >= 11 is 0. The van der Waals surface area contributed by atoms with Gasteiger partial charge in [-0.3, -0.25) is 0 Å². The molecule has 1 aliphatic heterocycles. The lowest BCUT2D eigenvalue weighted by Crippen LogP contribution is -2.73. The Morgan fingerprint density at radius 3 is 2.80 bits per heavy atom. The molecule has 0 aliphatic carbocycles. The zero-order valence-corrected chi connectivity index (χ0v) is 9.04. The smallest absolute Gasteiger partial charge is 0.334 e. The minimum atomic E-state index is 0.684. The molecule has 1 aliphatic rings. The summed E-state index contributed by atoms with van der Waals surface area (Å²) in [6.45, 7) is 1.74. The second kappa shape index (κ2) is 5.54. The predicted octanol–water partition coefficient (Wildman–Crippen LogP) is 1.26. The fourth-order valence-electron chi connectivity index (χ4n) is 1.77. The Labute approximate surface area is 91.0 Å². The molecule has 2 rings (SSSR count). The first kappa shape index (κ1) is 10.2. The summed E-state index contributed by atoms with van der Waals surface area (Å²) in [5.41, 5.74) is 1.23. The van der Waals surface area contributed by atoms with Crippen molar-refractivity contribution in [3.05, 3.63) is 35.9 Å². The van der Waals surface area contributed by atoms with Crippen LogP contribution in [0.5, 0.6) is 0 Å². The molecule has 0 saturated heterocycles. The number of ether oxygens (including phenoxy) is 1. The first-order valence-electron chi connectivity index (χ1n) is 5.71. The lowest BCUT2D eigenvalue weighted by Gasteiger charge is -2.03. The normalized spacial score (nSPS) is 16.7. The number of hydrogen-bond donors (Lipinski definition) is 1. The fraction of sp³-hybridized carbons (Fsp3) is 0.462. The van der Waals surface area contributed by atoms with Gasteiger partial charge in [0.05, 0.1) is 6.42 Å². The molecule has 1 aromatic rings. The Morgan fingerprint density at radius 2 is 1.93 bits per heavy atom. The number of rotatable bonds is 2.